The van der Waals surface area contributed by atoms with Crippen LogP contribution < -0.4 is 11.1 Å². The van der Waals surface area contributed by atoms with Crippen LogP contribution >= 0.6 is 11.8 Å². The molecule has 0 saturated carbocycles. The minimum absolute atomic E-state index is 0.0768. The molecule has 1 aromatic rings. The molecule has 1 amide bonds. The van der Waals surface area contributed by atoms with Crippen LogP contribution in [0, 0.1) is 19.8 Å². The fourth-order valence-corrected chi connectivity index (χ4v) is 2.82. The zero-order valence-corrected chi connectivity index (χ0v) is 14.6. The maximum absolute atomic E-state index is 12.1. The van der Waals surface area contributed by atoms with Gasteiger partial charge in [-0.1, -0.05) is 19.9 Å². The first-order chi connectivity index (χ1) is 9.78. The van der Waals surface area contributed by atoms with Crippen molar-refractivity contribution in [1.82, 2.24) is 5.32 Å². The van der Waals surface area contributed by atoms with Gasteiger partial charge in [0.05, 0.1) is 5.54 Å². The molecule has 0 saturated heterocycles. The topological polar surface area (TPSA) is 55.1 Å². The van der Waals surface area contributed by atoms with Crippen molar-refractivity contribution in [2.24, 2.45) is 11.7 Å². The number of benzene rings is 1. The number of amides is 1. The molecule has 1 rings (SSSR count). The van der Waals surface area contributed by atoms with E-state index in [-0.39, 0.29) is 11.4 Å². The lowest BCUT2D eigenvalue weighted by Gasteiger charge is -2.33. The van der Waals surface area contributed by atoms with Crippen molar-refractivity contribution in [2.75, 3.05) is 12.3 Å². The number of rotatable bonds is 7. The maximum atomic E-state index is 12.1. The monoisotopic (exact) mass is 308 g/mol. The molecule has 21 heavy (non-hydrogen) atoms. The standard InChI is InChI=1S/C17H28N2OS/c1-12(2)17(5,11-18)19-16(20)8-9-21-15-7-6-13(3)14(4)10-15/h6-7,10,12H,8-9,11,18H2,1-5H3,(H,19,20). The predicted octanol–water partition coefficient (Wildman–Crippen LogP) is 3.28. The molecule has 0 fully saturated rings. The summed E-state index contributed by atoms with van der Waals surface area (Å²) in [5.41, 5.74) is 8.06. The average molecular weight is 308 g/mol. The molecule has 3 nitrogen and oxygen atoms in total. The number of carbonyl (C=O) groups excluding carboxylic acids is 1. The van der Waals surface area contributed by atoms with Crippen molar-refractivity contribution in [3.05, 3.63) is 29.3 Å². The van der Waals surface area contributed by atoms with E-state index < -0.39 is 0 Å². The second-order valence-corrected chi connectivity index (χ2v) is 7.34. The summed E-state index contributed by atoms with van der Waals surface area (Å²) in [6.07, 6.45) is 0.514. The van der Waals surface area contributed by atoms with Crippen LogP contribution in [0.2, 0.25) is 0 Å². The summed E-state index contributed by atoms with van der Waals surface area (Å²) >= 11 is 1.72. The number of thioether (sulfide) groups is 1. The molecule has 0 heterocycles. The van der Waals surface area contributed by atoms with Gasteiger partial charge >= 0.3 is 0 Å². The zero-order valence-electron chi connectivity index (χ0n) is 13.8. The van der Waals surface area contributed by atoms with Crippen molar-refractivity contribution < 1.29 is 4.79 Å². The largest absolute Gasteiger partial charge is 0.349 e. The Balaban J connectivity index is 2.45. The fraction of sp³-hybridized carbons (Fsp3) is 0.588. The number of nitrogens with two attached hydrogens (primary N) is 1. The van der Waals surface area contributed by atoms with Gasteiger partial charge in [-0.05, 0) is 49.9 Å². The smallest absolute Gasteiger partial charge is 0.221 e. The Morgan fingerprint density at radius 3 is 2.52 bits per heavy atom. The molecule has 0 aromatic heterocycles. The third kappa shape index (κ3) is 5.36. The maximum Gasteiger partial charge on any atom is 0.221 e. The second kappa shape index (κ2) is 7.85. The van der Waals surface area contributed by atoms with Crippen LogP contribution in [0.1, 0.15) is 38.3 Å². The summed E-state index contributed by atoms with van der Waals surface area (Å²) in [6.45, 7) is 10.8. The Hall–Kier alpha value is -1.00. The molecule has 3 N–H and O–H groups in total. The van der Waals surface area contributed by atoms with E-state index in [1.54, 1.807) is 11.8 Å². The summed E-state index contributed by atoms with van der Waals surface area (Å²) < 4.78 is 0. The van der Waals surface area contributed by atoms with E-state index >= 15 is 0 Å². The summed E-state index contributed by atoms with van der Waals surface area (Å²) in [4.78, 5) is 13.3. The van der Waals surface area contributed by atoms with E-state index in [0.717, 1.165) is 5.75 Å². The molecule has 0 aliphatic carbocycles. The Bertz CT molecular complexity index is 488. The van der Waals surface area contributed by atoms with E-state index in [9.17, 15) is 4.79 Å². The van der Waals surface area contributed by atoms with Crippen LogP contribution in [0.4, 0.5) is 0 Å². The summed E-state index contributed by atoms with van der Waals surface area (Å²) in [5.74, 6) is 1.18. The predicted molar refractivity (Wildman–Crippen MR) is 91.7 cm³/mol. The van der Waals surface area contributed by atoms with E-state index in [1.807, 2.05) is 6.92 Å². The highest BCUT2D eigenvalue weighted by molar-refractivity contribution is 7.99. The lowest BCUT2D eigenvalue weighted by Crippen LogP contribution is -2.55. The van der Waals surface area contributed by atoms with Crippen molar-refractivity contribution in [2.45, 2.75) is 51.5 Å². The SMILES string of the molecule is Cc1ccc(SCCC(=O)NC(C)(CN)C(C)C)cc1C. The molecule has 4 heteroatoms. The highest BCUT2D eigenvalue weighted by Crippen LogP contribution is 2.22. The van der Waals surface area contributed by atoms with Gasteiger partial charge in [-0.3, -0.25) is 4.79 Å². The molecule has 0 radical (unpaired) electrons. The molecular weight excluding hydrogens is 280 g/mol. The van der Waals surface area contributed by atoms with Crippen LogP contribution in [0.5, 0.6) is 0 Å². The lowest BCUT2D eigenvalue weighted by molar-refractivity contribution is -0.122. The van der Waals surface area contributed by atoms with Crippen LogP contribution in [-0.2, 0) is 4.79 Å². The molecule has 0 bridgehead atoms. The zero-order chi connectivity index (χ0) is 16.0. The molecule has 1 unspecified atom stereocenters. The molecule has 1 atom stereocenters. The molecule has 118 valence electrons. The highest BCUT2D eigenvalue weighted by atomic mass is 32.2. The number of hydrogen-bond acceptors (Lipinski definition) is 3. The van der Waals surface area contributed by atoms with Gasteiger partial charge in [-0.2, -0.15) is 0 Å². The second-order valence-electron chi connectivity index (χ2n) is 6.17. The van der Waals surface area contributed by atoms with E-state index in [2.05, 4.69) is 51.2 Å². The van der Waals surface area contributed by atoms with Crippen LogP contribution in [0.25, 0.3) is 0 Å². The van der Waals surface area contributed by atoms with Crippen molar-refractivity contribution in [3.63, 3.8) is 0 Å². The number of aryl methyl sites for hydroxylation is 2. The summed E-state index contributed by atoms with van der Waals surface area (Å²) in [5, 5.41) is 3.07. The minimum Gasteiger partial charge on any atom is -0.349 e. The molecule has 0 spiro atoms. The number of nitrogens with one attached hydrogen (secondary N) is 1. The Morgan fingerprint density at radius 1 is 1.33 bits per heavy atom. The van der Waals surface area contributed by atoms with E-state index in [0.29, 0.717) is 18.9 Å². The quantitative estimate of drug-likeness (QED) is 0.760. The van der Waals surface area contributed by atoms with Gasteiger partial charge in [-0.25, -0.2) is 0 Å². The molecule has 0 aliphatic heterocycles. The van der Waals surface area contributed by atoms with Gasteiger partial charge in [0.2, 0.25) is 5.91 Å². The molecular formula is C17H28N2OS. The van der Waals surface area contributed by atoms with Gasteiger partial charge < -0.3 is 11.1 Å². The normalized spacial score (nSPS) is 14.0. The first-order valence-corrected chi connectivity index (χ1v) is 8.48. The Labute approximate surface area is 133 Å². The Kier molecular flexibility index (Phi) is 6.75. The van der Waals surface area contributed by atoms with Gasteiger partial charge in [-0.15, -0.1) is 11.8 Å². The number of hydrogen-bond donors (Lipinski definition) is 2. The van der Waals surface area contributed by atoms with Crippen molar-refractivity contribution in [1.29, 1.82) is 0 Å². The highest BCUT2D eigenvalue weighted by Gasteiger charge is 2.28. The molecule has 0 aliphatic rings. The fourth-order valence-electron chi connectivity index (χ4n) is 1.88. The summed E-state index contributed by atoms with van der Waals surface area (Å²) in [6, 6.07) is 6.42. The van der Waals surface area contributed by atoms with Crippen molar-refractivity contribution >= 4 is 17.7 Å². The Morgan fingerprint density at radius 2 is 2.00 bits per heavy atom. The first kappa shape index (κ1) is 18.1. The van der Waals surface area contributed by atoms with Crippen molar-refractivity contribution in [3.8, 4) is 0 Å². The summed E-state index contributed by atoms with van der Waals surface area (Å²) in [7, 11) is 0. The van der Waals surface area contributed by atoms with E-state index in [1.165, 1.54) is 16.0 Å². The molecule has 1 aromatic carbocycles. The minimum atomic E-state index is -0.317. The van der Waals surface area contributed by atoms with Gasteiger partial charge in [0.1, 0.15) is 0 Å². The van der Waals surface area contributed by atoms with Gasteiger partial charge in [0, 0.05) is 23.6 Å². The lowest BCUT2D eigenvalue weighted by atomic mass is 9.88. The third-order valence-corrected chi connectivity index (χ3v) is 5.20. The van der Waals surface area contributed by atoms with Crippen LogP contribution in [-0.4, -0.2) is 23.7 Å². The van der Waals surface area contributed by atoms with Crippen LogP contribution in [0.15, 0.2) is 23.1 Å². The van der Waals surface area contributed by atoms with Gasteiger partial charge in [0.15, 0.2) is 0 Å². The first-order valence-electron chi connectivity index (χ1n) is 7.49. The van der Waals surface area contributed by atoms with Gasteiger partial charge in [0.25, 0.3) is 0 Å². The number of carbonyl (C=O) groups is 1. The average Bonchev–Trinajstić information content (AvgIpc) is 2.42. The third-order valence-electron chi connectivity index (χ3n) is 4.20. The van der Waals surface area contributed by atoms with E-state index in [4.69, 9.17) is 5.73 Å². The van der Waals surface area contributed by atoms with Crippen LogP contribution in [0.3, 0.4) is 0 Å².